The van der Waals surface area contributed by atoms with Crippen molar-refractivity contribution >= 4 is 27.7 Å². The number of likely N-dealkylation sites (N-methyl/N-ethyl adjacent to an activating group) is 5. The van der Waals surface area contributed by atoms with E-state index in [1.807, 2.05) is 58.1 Å². The van der Waals surface area contributed by atoms with E-state index in [1.165, 1.54) is 146 Å². The molecular weight excluding hydrogens is 1440 g/mol. The smallest absolute Gasteiger partial charge is 0.222 e. The van der Waals surface area contributed by atoms with Crippen molar-refractivity contribution < 1.29 is 28.2 Å². The molecule has 7 atom stereocenters. The summed E-state index contributed by atoms with van der Waals surface area (Å²) in [6.07, 6.45) is 25.3. The van der Waals surface area contributed by atoms with Crippen LogP contribution in [0.25, 0.3) is 0 Å². The number of ether oxygens (including phenoxy) is 1. The molecule has 5 aliphatic heterocycles. The topological polar surface area (TPSA) is 307 Å². The Morgan fingerprint density at radius 1 is 0.613 bits per heavy atom. The second-order valence-electron chi connectivity index (χ2n) is 33.7. The van der Waals surface area contributed by atoms with Crippen molar-refractivity contribution in [1.29, 1.82) is 0 Å². The Balaban J connectivity index is 0.000000621. The Labute approximate surface area is 684 Å². The van der Waals surface area contributed by atoms with Crippen LogP contribution in [0.2, 0.25) is 0 Å². The van der Waals surface area contributed by atoms with Crippen molar-refractivity contribution in [2.24, 2.45) is 16.6 Å². The molecule has 5 saturated heterocycles. The van der Waals surface area contributed by atoms with E-state index in [1.54, 1.807) is 13.2 Å². The van der Waals surface area contributed by atoms with Crippen molar-refractivity contribution in [2.75, 3.05) is 228 Å². The van der Waals surface area contributed by atoms with Gasteiger partial charge >= 0.3 is 0 Å². The van der Waals surface area contributed by atoms with Crippen LogP contribution >= 0.6 is 11.8 Å². The predicted molar refractivity (Wildman–Crippen MR) is 473 cm³/mol. The van der Waals surface area contributed by atoms with Gasteiger partial charge < -0.3 is 104 Å². The summed E-state index contributed by atoms with van der Waals surface area (Å²) in [6.45, 7) is 33.4. The minimum atomic E-state index is -3.05. The van der Waals surface area contributed by atoms with Crippen LogP contribution in [0, 0.1) is 10.8 Å². The molecule has 1 aromatic carbocycles. The SMILES string of the molecule is CNC1CC(O)C(O)C1.CNC1CCCCC1N.CNC1CCCCC1NCC(C)(C)C.CNC1CCCN(CC(C)(C)C)C1.CNC1CCN(C)CC1.CNC1CCN(Cc2ccccc2)CC1.CNCCCN1CCCC1=O.CNCCN(C)C.CNCCS(=O)(=O)N1CCOCC1.CNCCSCc1ncc[nH]1. The normalized spacial score (nSPS) is 23.7. The van der Waals surface area contributed by atoms with Gasteiger partial charge in [-0.3, -0.25) is 9.69 Å². The fourth-order valence-electron chi connectivity index (χ4n) is 14.2. The molecule has 654 valence electrons. The number of piperidine rings is 3. The number of aromatic nitrogens is 2. The molecule has 8 fully saturated rings. The van der Waals surface area contributed by atoms with Crippen LogP contribution in [-0.4, -0.2) is 351 Å². The Bertz CT molecular complexity index is 2520. The molecule has 6 heterocycles. The number of morpholine rings is 1. The molecule has 7 unspecified atom stereocenters. The molecule has 1 amide bonds. The number of nitrogens with zero attached hydrogens (tertiary/aromatic N) is 7. The molecule has 26 nitrogen and oxygen atoms in total. The molecule has 16 N–H and O–H groups in total. The van der Waals surface area contributed by atoms with Gasteiger partial charge in [0.05, 0.1) is 36.9 Å². The van der Waals surface area contributed by atoms with Crippen LogP contribution in [0.1, 0.15) is 175 Å². The predicted octanol–water partition coefficient (Wildman–Crippen LogP) is 5.32. The summed E-state index contributed by atoms with van der Waals surface area (Å²) in [4.78, 5) is 29.9. The first-order chi connectivity index (χ1) is 53.0. The molecule has 111 heavy (non-hydrogen) atoms. The molecule has 28 heteroatoms. The lowest BCUT2D eigenvalue weighted by Gasteiger charge is -2.36. The third-order valence-electron chi connectivity index (χ3n) is 21.2. The third kappa shape index (κ3) is 54.9. The number of H-pyrrole nitrogens is 1. The highest BCUT2D eigenvalue weighted by Gasteiger charge is 2.31. The van der Waals surface area contributed by atoms with Gasteiger partial charge in [0.2, 0.25) is 15.9 Å². The van der Waals surface area contributed by atoms with Crippen LogP contribution in [0.5, 0.6) is 0 Å². The molecule has 10 rings (SSSR count). The quantitative estimate of drug-likeness (QED) is 0.0504. The lowest BCUT2D eigenvalue weighted by Crippen LogP contribution is -2.50. The average molecular weight is 1610 g/mol. The number of thioether (sulfide) groups is 1. The monoisotopic (exact) mass is 1610 g/mol. The van der Waals surface area contributed by atoms with Crippen molar-refractivity contribution in [3.63, 3.8) is 0 Å². The van der Waals surface area contributed by atoms with Gasteiger partial charge in [-0.15, -0.1) is 0 Å². The highest BCUT2D eigenvalue weighted by atomic mass is 32.2. The van der Waals surface area contributed by atoms with Crippen molar-refractivity contribution in [2.45, 2.75) is 236 Å². The van der Waals surface area contributed by atoms with Gasteiger partial charge in [-0.25, -0.2) is 13.4 Å². The van der Waals surface area contributed by atoms with Gasteiger partial charge in [0.25, 0.3) is 0 Å². The van der Waals surface area contributed by atoms with Gasteiger partial charge in [0.1, 0.15) is 5.82 Å². The molecule has 1 aromatic heterocycles. The highest BCUT2D eigenvalue weighted by Crippen LogP contribution is 2.23. The van der Waals surface area contributed by atoms with E-state index >= 15 is 0 Å². The molecule has 3 aliphatic carbocycles. The van der Waals surface area contributed by atoms with Gasteiger partial charge in [0.15, 0.2) is 0 Å². The van der Waals surface area contributed by atoms with E-state index in [2.05, 4.69) is 209 Å². The number of sulfonamides is 1. The fraction of sp³-hybridized carbons (Fsp3) is 0.880. The van der Waals surface area contributed by atoms with Crippen LogP contribution in [0.15, 0.2) is 42.7 Å². The van der Waals surface area contributed by atoms with E-state index in [4.69, 9.17) is 20.7 Å². The summed E-state index contributed by atoms with van der Waals surface area (Å²) < 4.78 is 29.7. The minimum Gasteiger partial charge on any atom is -0.390 e. The lowest BCUT2D eigenvalue weighted by atomic mass is 9.89. The van der Waals surface area contributed by atoms with Crippen LogP contribution in [0.3, 0.4) is 0 Å². The first-order valence-electron chi connectivity index (χ1n) is 42.7. The van der Waals surface area contributed by atoms with Gasteiger partial charge in [-0.05, 0) is 237 Å². The molecule has 0 radical (unpaired) electrons. The van der Waals surface area contributed by atoms with Gasteiger partial charge in [0, 0.05) is 151 Å². The van der Waals surface area contributed by atoms with Crippen LogP contribution in [-0.2, 0) is 31.9 Å². The number of carbonyl (C=O) groups excluding carboxylic acids is 1. The largest absolute Gasteiger partial charge is 0.390 e. The molecule has 0 bridgehead atoms. The number of benzene rings is 1. The maximum atomic E-state index is 11.6. The first-order valence-corrected chi connectivity index (χ1v) is 45.5. The zero-order valence-corrected chi connectivity index (χ0v) is 75.7. The zero-order valence-electron chi connectivity index (χ0n) is 74.1. The molecule has 0 spiro atoms. The number of amides is 1. The second-order valence-corrected chi connectivity index (χ2v) is 36.9. The maximum Gasteiger partial charge on any atom is 0.222 e. The summed E-state index contributed by atoms with van der Waals surface area (Å²) >= 11 is 1.88. The first kappa shape index (κ1) is 106. The van der Waals surface area contributed by atoms with E-state index in [9.17, 15) is 13.2 Å². The maximum absolute atomic E-state index is 11.6. The number of rotatable bonds is 27. The summed E-state index contributed by atoms with van der Waals surface area (Å²) in [5.41, 5.74) is 8.10. The Morgan fingerprint density at radius 2 is 1.17 bits per heavy atom. The average Bonchev–Trinajstić information content (AvgIpc) is 1.82. The number of likely N-dealkylation sites (tertiary alicyclic amines) is 4. The minimum absolute atomic E-state index is 0.170. The lowest BCUT2D eigenvalue weighted by molar-refractivity contribution is -0.127. The van der Waals surface area contributed by atoms with Crippen LogP contribution in [0.4, 0.5) is 0 Å². The van der Waals surface area contributed by atoms with E-state index < -0.39 is 22.2 Å². The Morgan fingerprint density at radius 3 is 1.64 bits per heavy atom. The number of imidazole rings is 1. The molecule has 3 saturated carbocycles. The molecule has 2 aromatic rings. The number of aliphatic hydroxyl groups excluding tert-OH is 2. The van der Waals surface area contributed by atoms with Gasteiger partial charge in [-0.1, -0.05) is 97.6 Å². The second kappa shape index (κ2) is 65.4. The summed E-state index contributed by atoms with van der Waals surface area (Å²) in [5, 5.41) is 53.5. The Hall–Kier alpha value is -2.60. The standard InChI is InChI=1S/C13H20N2.C12H26N2.C11H24N2.C8H16N2O.C7H13N3S.C7H16N2O3S.2C7H16N2.C6H13NO2.C5H14N2/c1-14-13-7-9-15(10-8-13)11-12-5-3-2-4-6-12;1-12(2,3)9-14-11-8-6-5-7-10(11)13-4;1-11(2,3)9-13-7-5-6-10(8-13)12-4;1-9-5-3-7-10-6-2-4-8(10)11;1-8-4-5-11-6-7-9-2-3-10-7;1-8-2-7-13(10,11)9-3-5-12-6-4-9;1-8-7-3-5-9(2)6-4-7;1-9-7-5-3-2-4-6(7)8;1-7-4-2-5(8)6(9)3-4;1-6-4-5-7(2)3/h2-6,13-14H,7-11H2,1H3;10-11,13-14H,5-9H2,1-4H3;10,12H,5-9H2,1-4H3;9H,2-7H2,1H3;2-3,8H,4-6H2,1H3,(H,9,10);8H,2-7H2,1H3;7-8H,3-6H2,1-2H3;6-7,9H,2-5,8H2,1H3;4-9H,2-3H2,1H3;6H,4-5H2,1-3H3. The van der Waals surface area contributed by atoms with E-state index in [-0.39, 0.29) is 5.75 Å². The Kier molecular flexibility index (Phi) is 62.6. The number of hydrogen-bond acceptors (Lipinski definition) is 24. The zero-order chi connectivity index (χ0) is 82.7. The van der Waals surface area contributed by atoms with Crippen molar-refractivity contribution in [1.82, 2.24) is 97.3 Å². The van der Waals surface area contributed by atoms with E-state index in [0.29, 0.717) is 92.6 Å². The highest BCUT2D eigenvalue weighted by molar-refractivity contribution is 7.98. The number of nitrogens with two attached hydrogens (primary N) is 1. The number of nitrogens with one attached hydrogen (secondary N) is 12. The molecular formula is C83H174N20O6S2. The molecule has 8 aliphatic rings. The fourth-order valence-corrected chi connectivity index (χ4v) is 16.4. The number of carbonyl (C=O) groups is 1. The number of aliphatic hydroxyl groups is 2. The van der Waals surface area contributed by atoms with Crippen LogP contribution < -0.4 is 64.2 Å². The summed E-state index contributed by atoms with van der Waals surface area (Å²) in [7, 11) is 23.0. The van der Waals surface area contributed by atoms with Gasteiger partial charge in [-0.2, -0.15) is 16.1 Å². The van der Waals surface area contributed by atoms with Crippen molar-refractivity contribution in [3.05, 3.63) is 54.1 Å². The van der Waals surface area contributed by atoms with Crippen molar-refractivity contribution in [3.8, 4) is 0 Å². The summed E-state index contributed by atoms with van der Waals surface area (Å²) in [6, 6.07) is 15.6. The summed E-state index contributed by atoms with van der Waals surface area (Å²) in [5.74, 6) is 3.68. The third-order valence-corrected chi connectivity index (χ3v) is 24.1. The number of aromatic amines is 1. The number of hydrogen-bond donors (Lipinski definition) is 15. The van der Waals surface area contributed by atoms with E-state index in [0.717, 1.165) is 107 Å².